The summed E-state index contributed by atoms with van der Waals surface area (Å²) in [6.07, 6.45) is 1.27. The number of nitrogens with zero attached hydrogens (tertiary/aromatic N) is 1. The Labute approximate surface area is 138 Å². The van der Waals surface area contributed by atoms with E-state index in [1.807, 2.05) is 6.92 Å². The lowest BCUT2D eigenvalue weighted by atomic mass is 10.1. The van der Waals surface area contributed by atoms with Crippen LogP contribution in [0.3, 0.4) is 0 Å². The predicted molar refractivity (Wildman–Crippen MR) is 87.5 cm³/mol. The largest absolute Gasteiger partial charge is 0.335 e. The van der Waals surface area contributed by atoms with Gasteiger partial charge in [0.25, 0.3) is 5.91 Å². The molecule has 0 radical (unpaired) electrons. The maximum Gasteiger partial charge on any atom is 0.255 e. The number of sulfone groups is 1. The van der Waals surface area contributed by atoms with E-state index in [0.717, 1.165) is 10.9 Å². The van der Waals surface area contributed by atoms with Gasteiger partial charge in [0.15, 0.2) is 9.84 Å². The molecule has 116 valence electrons. The SMILES string of the molecule is CCCN(C(=O)c1cc(Br)ccc1Cl)C1CCS(=O)(=O)C1. The van der Waals surface area contributed by atoms with Crippen LogP contribution in [0.2, 0.25) is 5.02 Å². The Morgan fingerprint density at radius 1 is 1.48 bits per heavy atom. The topological polar surface area (TPSA) is 54.5 Å². The highest BCUT2D eigenvalue weighted by molar-refractivity contribution is 9.10. The van der Waals surface area contributed by atoms with E-state index < -0.39 is 9.84 Å². The summed E-state index contributed by atoms with van der Waals surface area (Å²) in [5, 5.41) is 0.380. The van der Waals surface area contributed by atoms with Gasteiger partial charge in [-0.3, -0.25) is 4.79 Å². The van der Waals surface area contributed by atoms with Crippen LogP contribution in [0, 0.1) is 0 Å². The molecule has 0 aromatic heterocycles. The second-order valence-electron chi connectivity index (χ2n) is 5.18. The number of hydrogen-bond acceptors (Lipinski definition) is 3. The zero-order valence-electron chi connectivity index (χ0n) is 11.7. The monoisotopic (exact) mass is 393 g/mol. The van der Waals surface area contributed by atoms with Crippen molar-refractivity contribution in [2.24, 2.45) is 0 Å². The lowest BCUT2D eigenvalue weighted by molar-refractivity contribution is 0.0697. The highest BCUT2D eigenvalue weighted by Crippen LogP contribution is 2.26. The second-order valence-corrected chi connectivity index (χ2v) is 8.73. The molecule has 1 amide bonds. The average molecular weight is 395 g/mol. The minimum atomic E-state index is -3.03. The fourth-order valence-electron chi connectivity index (χ4n) is 2.53. The van der Waals surface area contributed by atoms with Crippen LogP contribution in [0.25, 0.3) is 0 Å². The number of carbonyl (C=O) groups is 1. The van der Waals surface area contributed by atoms with Gasteiger partial charge in [-0.2, -0.15) is 0 Å². The fourth-order valence-corrected chi connectivity index (χ4v) is 4.82. The Morgan fingerprint density at radius 2 is 2.19 bits per heavy atom. The molecule has 7 heteroatoms. The van der Waals surface area contributed by atoms with Crippen molar-refractivity contribution in [1.29, 1.82) is 0 Å². The minimum Gasteiger partial charge on any atom is -0.335 e. The molecule has 0 aliphatic carbocycles. The van der Waals surface area contributed by atoms with E-state index in [1.165, 1.54) is 0 Å². The summed E-state index contributed by atoms with van der Waals surface area (Å²) in [6.45, 7) is 2.49. The van der Waals surface area contributed by atoms with Gasteiger partial charge in [0.1, 0.15) is 0 Å². The van der Waals surface area contributed by atoms with Gasteiger partial charge in [-0.05, 0) is 31.0 Å². The Hall–Kier alpha value is -0.590. The molecule has 1 heterocycles. The van der Waals surface area contributed by atoms with Crippen molar-refractivity contribution < 1.29 is 13.2 Å². The van der Waals surface area contributed by atoms with Gasteiger partial charge in [0.05, 0.1) is 22.1 Å². The van der Waals surface area contributed by atoms with Gasteiger partial charge in [0.2, 0.25) is 0 Å². The van der Waals surface area contributed by atoms with E-state index in [0.29, 0.717) is 23.6 Å². The summed E-state index contributed by atoms with van der Waals surface area (Å²) in [7, 11) is -3.03. The van der Waals surface area contributed by atoms with E-state index in [2.05, 4.69) is 15.9 Å². The Morgan fingerprint density at radius 3 is 2.76 bits per heavy atom. The van der Waals surface area contributed by atoms with E-state index in [-0.39, 0.29) is 23.5 Å². The number of hydrogen-bond donors (Lipinski definition) is 0. The van der Waals surface area contributed by atoms with Gasteiger partial charge < -0.3 is 4.90 Å². The zero-order chi connectivity index (χ0) is 15.6. The fraction of sp³-hybridized carbons (Fsp3) is 0.500. The molecule has 1 aromatic carbocycles. The lowest BCUT2D eigenvalue weighted by Crippen LogP contribution is -2.41. The van der Waals surface area contributed by atoms with Crippen LogP contribution in [0.1, 0.15) is 30.1 Å². The van der Waals surface area contributed by atoms with Gasteiger partial charge in [0, 0.05) is 17.1 Å². The summed E-state index contributed by atoms with van der Waals surface area (Å²) in [4.78, 5) is 14.4. The smallest absolute Gasteiger partial charge is 0.255 e. The van der Waals surface area contributed by atoms with Crippen LogP contribution in [-0.2, 0) is 9.84 Å². The molecule has 1 aliphatic heterocycles. The molecule has 0 bridgehead atoms. The Bertz CT molecular complexity index is 648. The highest BCUT2D eigenvalue weighted by atomic mass is 79.9. The second kappa shape index (κ2) is 6.67. The number of benzene rings is 1. The molecular weight excluding hydrogens is 378 g/mol. The molecular formula is C14H17BrClNO3S. The highest BCUT2D eigenvalue weighted by Gasteiger charge is 2.35. The average Bonchev–Trinajstić information content (AvgIpc) is 2.78. The summed E-state index contributed by atoms with van der Waals surface area (Å²) in [6, 6.07) is 4.85. The maximum atomic E-state index is 12.7. The number of rotatable bonds is 4. The van der Waals surface area contributed by atoms with Crippen molar-refractivity contribution in [2.75, 3.05) is 18.1 Å². The van der Waals surface area contributed by atoms with Crippen molar-refractivity contribution >= 4 is 43.3 Å². The summed E-state index contributed by atoms with van der Waals surface area (Å²) >= 11 is 9.44. The molecule has 21 heavy (non-hydrogen) atoms. The molecule has 0 saturated carbocycles. The van der Waals surface area contributed by atoms with Gasteiger partial charge in [-0.1, -0.05) is 34.5 Å². The summed E-state index contributed by atoms with van der Waals surface area (Å²) < 4.78 is 24.1. The first-order valence-corrected chi connectivity index (χ1v) is 9.79. The molecule has 1 fully saturated rings. The third kappa shape index (κ3) is 3.99. The molecule has 1 aliphatic rings. The standard InChI is InChI=1S/C14H17BrClNO3S/c1-2-6-17(11-5-7-21(19,20)9-11)14(18)12-8-10(15)3-4-13(12)16/h3-4,8,11H,2,5-7,9H2,1H3. The third-order valence-corrected chi connectivity index (χ3v) is 6.11. The minimum absolute atomic E-state index is 0.0460. The molecule has 4 nitrogen and oxygen atoms in total. The number of halogens is 2. The molecule has 1 atom stereocenters. The van der Waals surface area contributed by atoms with Gasteiger partial charge in [-0.15, -0.1) is 0 Å². The van der Waals surface area contributed by atoms with Crippen molar-refractivity contribution in [2.45, 2.75) is 25.8 Å². The number of carbonyl (C=O) groups excluding carboxylic acids is 1. The van der Waals surface area contributed by atoms with E-state index in [4.69, 9.17) is 11.6 Å². The Kier molecular flexibility index (Phi) is 5.33. The first-order valence-electron chi connectivity index (χ1n) is 6.80. The molecule has 1 unspecified atom stereocenters. The van der Waals surface area contributed by atoms with Crippen molar-refractivity contribution in [3.63, 3.8) is 0 Å². The first kappa shape index (κ1) is 16.8. The van der Waals surface area contributed by atoms with Crippen LogP contribution in [0.4, 0.5) is 0 Å². The molecule has 0 spiro atoms. The van der Waals surface area contributed by atoms with E-state index in [1.54, 1.807) is 23.1 Å². The van der Waals surface area contributed by atoms with Crippen LogP contribution in [0.15, 0.2) is 22.7 Å². The quantitative estimate of drug-likeness (QED) is 0.788. The van der Waals surface area contributed by atoms with Crippen LogP contribution in [0.5, 0.6) is 0 Å². The summed E-state index contributed by atoms with van der Waals surface area (Å²) in [5.74, 6) is -0.00730. The van der Waals surface area contributed by atoms with E-state index >= 15 is 0 Å². The maximum absolute atomic E-state index is 12.7. The van der Waals surface area contributed by atoms with Gasteiger partial charge >= 0.3 is 0 Å². The third-order valence-electron chi connectivity index (χ3n) is 3.53. The van der Waals surface area contributed by atoms with Crippen LogP contribution in [-0.4, -0.2) is 43.3 Å². The molecule has 1 saturated heterocycles. The van der Waals surface area contributed by atoms with Crippen molar-refractivity contribution in [3.8, 4) is 0 Å². The predicted octanol–water partition coefficient (Wildman–Crippen LogP) is 3.14. The normalized spacial score (nSPS) is 20.4. The molecule has 0 N–H and O–H groups in total. The van der Waals surface area contributed by atoms with Crippen molar-refractivity contribution in [3.05, 3.63) is 33.3 Å². The zero-order valence-corrected chi connectivity index (χ0v) is 14.8. The van der Waals surface area contributed by atoms with Crippen LogP contribution < -0.4 is 0 Å². The first-order chi connectivity index (χ1) is 9.84. The molecule has 2 rings (SSSR count). The van der Waals surface area contributed by atoms with E-state index in [9.17, 15) is 13.2 Å². The van der Waals surface area contributed by atoms with Gasteiger partial charge in [-0.25, -0.2) is 8.42 Å². The van der Waals surface area contributed by atoms with Crippen molar-refractivity contribution in [1.82, 2.24) is 4.90 Å². The van der Waals surface area contributed by atoms with Crippen LogP contribution >= 0.6 is 27.5 Å². The Balaban J connectivity index is 2.30. The molecule has 1 aromatic rings. The number of amides is 1. The summed E-state index contributed by atoms with van der Waals surface area (Å²) in [5.41, 5.74) is 0.406. The lowest BCUT2D eigenvalue weighted by Gasteiger charge is -2.28.